The van der Waals surface area contributed by atoms with Crippen LogP contribution >= 0.6 is 11.6 Å². The highest BCUT2D eigenvalue weighted by molar-refractivity contribution is 6.32. The minimum absolute atomic E-state index is 0.0568. The minimum Gasteiger partial charge on any atom is -0.487 e. The lowest BCUT2D eigenvalue weighted by atomic mass is 10.2. The molecule has 0 bridgehead atoms. The van der Waals surface area contributed by atoms with Crippen LogP contribution in [0, 0.1) is 15.9 Å². The van der Waals surface area contributed by atoms with Crippen LogP contribution in [-0.2, 0) is 6.61 Å². The molecule has 2 N–H and O–H groups in total. The van der Waals surface area contributed by atoms with Crippen LogP contribution in [0.25, 0.3) is 0 Å². The molecular formula is C13H10ClFN2O3. The summed E-state index contributed by atoms with van der Waals surface area (Å²) in [6.45, 7) is 0.119. The van der Waals surface area contributed by atoms with Crippen LogP contribution < -0.4 is 10.5 Å². The maximum absolute atomic E-state index is 12.9. The zero-order valence-corrected chi connectivity index (χ0v) is 10.9. The Morgan fingerprint density at radius 2 is 2.05 bits per heavy atom. The molecule has 7 heteroatoms. The molecule has 104 valence electrons. The summed E-state index contributed by atoms with van der Waals surface area (Å²) in [6.07, 6.45) is 0. The molecule has 0 unspecified atom stereocenters. The third-order valence-electron chi connectivity index (χ3n) is 2.58. The molecule has 0 fully saturated rings. The molecule has 2 aromatic carbocycles. The number of halogens is 2. The number of benzene rings is 2. The van der Waals surface area contributed by atoms with Gasteiger partial charge >= 0.3 is 0 Å². The van der Waals surface area contributed by atoms with Gasteiger partial charge in [0.1, 0.15) is 23.9 Å². The molecule has 2 aromatic rings. The summed E-state index contributed by atoms with van der Waals surface area (Å²) in [6, 6.07) is 8.07. The van der Waals surface area contributed by atoms with Crippen molar-refractivity contribution in [3.05, 3.63) is 62.9 Å². The topological polar surface area (TPSA) is 78.4 Å². The summed E-state index contributed by atoms with van der Waals surface area (Å²) in [7, 11) is 0. The first-order chi connectivity index (χ1) is 9.47. The number of nitro groups is 1. The van der Waals surface area contributed by atoms with E-state index in [-0.39, 0.29) is 23.0 Å². The second kappa shape index (κ2) is 5.75. The van der Waals surface area contributed by atoms with Gasteiger partial charge in [-0.25, -0.2) is 4.39 Å². The van der Waals surface area contributed by atoms with Crippen LogP contribution in [0.4, 0.5) is 15.8 Å². The van der Waals surface area contributed by atoms with Crippen LogP contribution in [0.1, 0.15) is 5.56 Å². The molecule has 0 aliphatic carbocycles. The van der Waals surface area contributed by atoms with E-state index in [2.05, 4.69) is 0 Å². The third kappa shape index (κ3) is 3.16. The monoisotopic (exact) mass is 296 g/mol. The fourth-order valence-corrected chi connectivity index (χ4v) is 1.84. The van der Waals surface area contributed by atoms with E-state index in [4.69, 9.17) is 22.1 Å². The first kappa shape index (κ1) is 14.1. The van der Waals surface area contributed by atoms with Gasteiger partial charge in [-0.3, -0.25) is 10.1 Å². The van der Waals surface area contributed by atoms with Gasteiger partial charge in [0.05, 0.1) is 9.95 Å². The van der Waals surface area contributed by atoms with E-state index in [0.717, 1.165) is 6.07 Å². The van der Waals surface area contributed by atoms with Crippen molar-refractivity contribution in [1.82, 2.24) is 0 Å². The molecule has 20 heavy (non-hydrogen) atoms. The van der Waals surface area contributed by atoms with Gasteiger partial charge in [0.2, 0.25) is 0 Å². The molecular weight excluding hydrogens is 287 g/mol. The number of hydrogen-bond donors (Lipinski definition) is 1. The predicted molar refractivity (Wildman–Crippen MR) is 73.3 cm³/mol. The van der Waals surface area contributed by atoms with E-state index >= 15 is 0 Å². The summed E-state index contributed by atoms with van der Waals surface area (Å²) < 4.78 is 18.3. The van der Waals surface area contributed by atoms with Crippen LogP contribution in [-0.4, -0.2) is 4.92 Å². The molecule has 0 aliphatic heterocycles. The van der Waals surface area contributed by atoms with Gasteiger partial charge in [-0.15, -0.1) is 0 Å². The minimum atomic E-state index is -0.559. The maximum Gasteiger partial charge on any atom is 0.292 e. The smallest absolute Gasteiger partial charge is 0.292 e. The van der Waals surface area contributed by atoms with E-state index in [1.807, 2.05) is 0 Å². The van der Waals surface area contributed by atoms with Gasteiger partial charge in [0.15, 0.2) is 0 Å². The van der Waals surface area contributed by atoms with Gasteiger partial charge in [0, 0.05) is 6.07 Å². The number of ether oxygens (including phenoxy) is 1. The number of nitrogens with two attached hydrogens (primary N) is 1. The number of anilines is 1. The summed E-state index contributed by atoms with van der Waals surface area (Å²) >= 11 is 5.81. The SMILES string of the molecule is Nc1cc(COc2ccc(F)cc2Cl)ccc1[N+](=O)[O-]. The zero-order valence-electron chi connectivity index (χ0n) is 10.2. The van der Waals surface area contributed by atoms with E-state index < -0.39 is 10.7 Å². The van der Waals surface area contributed by atoms with E-state index in [1.54, 1.807) is 0 Å². The van der Waals surface area contributed by atoms with E-state index in [0.29, 0.717) is 11.3 Å². The molecule has 0 saturated carbocycles. The molecule has 0 aromatic heterocycles. The second-order valence-electron chi connectivity index (χ2n) is 4.01. The maximum atomic E-state index is 12.9. The van der Waals surface area contributed by atoms with Crippen LogP contribution in [0.2, 0.25) is 5.02 Å². The fourth-order valence-electron chi connectivity index (χ4n) is 1.61. The van der Waals surface area contributed by atoms with Gasteiger partial charge < -0.3 is 10.5 Å². The van der Waals surface area contributed by atoms with Gasteiger partial charge in [0.25, 0.3) is 5.69 Å². The highest BCUT2D eigenvalue weighted by Gasteiger charge is 2.11. The molecule has 0 spiro atoms. The number of nitrogen functional groups attached to an aromatic ring is 1. The molecule has 0 aliphatic rings. The Bertz CT molecular complexity index is 664. The average molecular weight is 297 g/mol. The predicted octanol–water partition coefficient (Wildman–Crippen LogP) is 3.55. The van der Waals surface area contributed by atoms with E-state index in [9.17, 15) is 14.5 Å². The quantitative estimate of drug-likeness (QED) is 0.531. The van der Waals surface area contributed by atoms with Crippen molar-refractivity contribution in [2.24, 2.45) is 0 Å². The first-order valence-corrected chi connectivity index (χ1v) is 5.96. The molecule has 5 nitrogen and oxygen atoms in total. The lowest BCUT2D eigenvalue weighted by Crippen LogP contribution is -2.00. The fraction of sp³-hybridized carbons (Fsp3) is 0.0769. The molecule has 0 atom stereocenters. The highest BCUT2D eigenvalue weighted by atomic mass is 35.5. The molecule has 0 amide bonds. The average Bonchev–Trinajstić information content (AvgIpc) is 2.37. The molecule has 0 heterocycles. The number of rotatable bonds is 4. The molecule has 2 rings (SSSR count). The Morgan fingerprint density at radius 1 is 1.30 bits per heavy atom. The van der Waals surface area contributed by atoms with Gasteiger partial charge in [-0.2, -0.15) is 0 Å². The van der Waals surface area contributed by atoms with Crippen molar-refractivity contribution in [2.45, 2.75) is 6.61 Å². The first-order valence-electron chi connectivity index (χ1n) is 5.58. The Balaban J connectivity index is 2.11. The lowest BCUT2D eigenvalue weighted by Gasteiger charge is -2.08. The highest BCUT2D eigenvalue weighted by Crippen LogP contribution is 2.27. The summed E-state index contributed by atoms with van der Waals surface area (Å²) in [5.41, 5.74) is 6.11. The lowest BCUT2D eigenvalue weighted by molar-refractivity contribution is -0.383. The van der Waals surface area contributed by atoms with E-state index in [1.165, 1.54) is 30.3 Å². The number of nitro benzene ring substituents is 1. The number of nitrogens with zero attached hydrogens (tertiary/aromatic N) is 1. The second-order valence-corrected chi connectivity index (χ2v) is 4.42. The Kier molecular flexibility index (Phi) is 4.05. The van der Waals surface area contributed by atoms with Crippen molar-refractivity contribution in [3.8, 4) is 5.75 Å². The summed E-state index contributed by atoms with van der Waals surface area (Å²) in [5, 5.41) is 10.8. The van der Waals surface area contributed by atoms with Crippen LogP contribution in [0.5, 0.6) is 5.75 Å². The summed E-state index contributed by atoms with van der Waals surface area (Å²) in [4.78, 5) is 10.1. The molecule has 0 radical (unpaired) electrons. The van der Waals surface area contributed by atoms with Gasteiger partial charge in [-0.1, -0.05) is 11.6 Å². The van der Waals surface area contributed by atoms with Gasteiger partial charge in [-0.05, 0) is 35.9 Å². The van der Waals surface area contributed by atoms with Crippen molar-refractivity contribution in [2.75, 3.05) is 5.73 Å². The largest absolute Gasteiger partial charge is 0.487 e. The van der Waals surface area contributed by atoms with Crippen LogP contribution in [0.3, 0.4) is 0 Å². The van der Waals surface area contributed by atoms with Crippen molar-refractivity contribution in [1.29, 1.82) is 0 Å². The molecule has 0 saturated heterocycles. The number of hydrogen-bond acceptors (Lipinski definition) is 4. The Morgan fingerprint density at radius 3 is 2.65 bits per heavy atom. The van der Waals surface area contributed by atoms with Crippen molar-refractivity contribution in [3.63, 3.8) is 0 Å². The van der Waals surface area contributed by atoms with Crippen molar-refractivity contribution < 1.29 is 14.1 Å². The standard InChI is InChI=1S/C13H10ClFN2O3/c14-10-6-9(15)2-4-13(10)20-7-8-1-3-12(17(18)19)11(16)5-8/h1-6H,7,16H2. The third-order valence-corrected chi connectivity index (χ3v) is 2.87. The Hall–Kier alpha value is -2.34. The summed E-state index contributed by atoms with van der Waals surface area (Å²) in [5.74, 6) is -0.132. The zero-order chi connectivity index (χ0) is 14.7. The normalized spacial score (nSPS) is 10.3. The van der Waals surface area contributed by atoms with Crippen LogP contribution in [0.15, 0.2) is 36.4 Å². The van der Waals surface area contributed by atoms with Crippen molar-refractivity contribution >= 4 is 23.0 Å². The Labute approximate surface area is 118 Å².